The van der Waals surface area contributed by atoms with Gasteiger partial charge in [-0.25, -0.2) is 9.97 Å². The average Bonchev–Trinajstić information content (AvgIpc) is 2.75. The first kappa shape index (κ1) is 13.3. The summed E-state index contributed by atoms with van der Waals surface area (Å²) in [5.74, 6) is 0.657. The van der Waals surface area contributed by atoms with Crippen LogP contribution in [0.5, 0.6) is 0 Å². The van der Waals surface area contributed by atoms with Crippen LogP contribution in [0.25, 0.3) is 10.7 Å². The fourth-order valence-corrected chi connectivity index (χ4v) is 3.19. The molecule has 0 aliphatic heterocycles. The van der Waals surface area contributed by atoms with Crippen LogP contribution in [0.1, 0.15) is 0 Å². The number of hydrogen-bond acceptors (Lipinski definition) is 5. The third-order valence-corrected chi connectivity index (χ3v) is 5.51. The lowest BCUT2D eigenvalue weighted by molar-refractivity contribution is -0.742. The Hall–Kier alpha value is -0.170. The fourth-order valence-electron chi connectivity index (χ4n) is 1.13. The van der Waals surface area contributed by atoms with Gasteiger partial charge in [0.2, 0.25) is 10.7 Å². The molecule has 2 aromatic rings. The molecule has 0 aliphatic carbocycles. The van der Waals surface area contributed by atoms with Gasteiger partial charge in [0.1, 0.15) is 0 Å². The minimum atomic E-state index is -2.36. The van der Waals surface area contributed by atoms with Crippen molar-refractivity contribution in [2.24, 2.45) is 0 Å². The average molecular weight is 399 g/mol. The van der Waals surface area contributed by atoms with E-state index in [4.69, 9.17) is 0 Å². The maximum Gasteiger partial charge on any atom is 0.220 e. The zero-order valence-corrected chi connectivity index (χ0v) is 13.4. The molecule has 2 aromatic heterocycles. The minimum absolute atomic E-state index is 0.497. The van der Waals surface area contributed by atoms with Crippen LogP contribution in [0.2, 0.25) is 0 Å². The molecule has 17 heavy (non-hydrogen) atoms. The first-order valence-corrected chi connectivity index (χ1v) is 11.4. The van der Waals surface area contributed by atoms with Gasteiger partial charge in [-0.15, -0.1) is 0 Å². The van der Waals surface area contributed by atoms with Crippen molar-refractivity contribution in [1.29, 1.82) is 0 Å². The van der Waals surface area contributed by atoms with E-state index in [1.807, 2.05) is 6.20 Å². The van der Waals surface area contributed by atoms with Crippen LogP contribution in [0.15, 0.2) is 24.7 Å². The molecule has 90 valence electrons. The second-order valence-corrected chi connectivity index (χ2v) is 15.3. The van der Waals surface area contributed by atoms with E-state index in [0.717, 1.165) is 4.88 Å². The first-order valence-electron chi connectivity index (χ1n) is 4.67. The van der Waals surface area contributed by atoms with E-state index in [-0.39, 0.29) is 0 Å². The van der Waals surface area contributed by atoms with E-state index in [1.54, 1.807) is 23.1 Å². The van der Waals surface area contributed by atoms with Crippen LogP contribution in [0.4, 0.5) is 0 Å². The number of rotatable bonds is 4. The summed E-state index contributed by atoms with van der Waals surface area (Å²) < 4.78 is 15.0. The topological polar surface area (TPSA) is 59.6 Å². The van der Waals surface area contributed by atoms with E-state index in [1.165, 1.54) is 11.5 Å². The highest BCUT2D eigenvalue weighted by molar-refractivity contribution is 9.70. The van der Waals surface area contributed by atoms with E-state index in [2.05, 4.69) is 45.4 Å². The predicted molar refractivity (Wildman–Crippen MR) is 73.7 cm³/mol. The maximum absolute atomic E-state index is 11.4. The monoisotopic (exact) mass is 397 g/mol. The van der Waals surface area contributed by atoms with Gasteiger partial charge >= 0.3 is 0 Å². The van der Waals surface area contributed by atoms with Gasteiger partial charge < -0.3 is 0 Å². The molecule has 0 unspecified atom stereocenters. The maximum atomic E-state index is 11.4. The molecule has 0 amide bonds. The number of aryl methyl sites for hydroxylation is 1. The van der Waals surface area contributed by atoms with E-state index >= 15 is 0 Å². The standard InChI is InChI=1S/C8H8Br2N4OPS/c9-16(10,15)5-4-14-6-7(17-13-14)8-11-2-1-3-12-8/h1-3,6H,4-5H2/q+1. The quantitative estimate of drug-likeness (QED) is 0.586. The van der Waals surface area contributed by atoms with Crippen LogP contribution in [-0.4, -0.2) is 20.6 Å². The number of aromatic nitrogens is 4. The molecule has 0 radical (unpaired) electrons. The summed E-state index contributed by atoms with van der Waals surface area (Å²) in [4.78, 5) is 9.18. The van der Waals surface area contributed by atoms with Crippen LogP contribution < -0.4 is 4.68 Å². The zero-order valence-electron chi connectivity index (χ0n) is 8.53. The summed E-state index contributed by atoms with van der Waals surface area (Å²) >= 11 is 7.52. The Bertz CT molecular complexity index is 543. The largest absolute Gasteiger partial charge is 0.299 e. The van der Waals surface area contributed by atoms with E-state index < -0.39 is 4.55 Å². The normalized spacial score (nSPS) is 11.6. The third kappa shape index (κ3) is 4.21. The van der Waals surface area contributed by atoms with Crippen LogP contribution in [0.3, 0.4) is 0 Å². The van der Waals surface area contributed by atoms with Gasteiger partial charge in [-0.3, -0.25) is 4.57 Å². The summed E-state index contributed by atoms with van der Waals surface area (Å²) in [5, 5.41) is 0. The van der Waals surface area contributed by atoms with E-state index in [0.29, 0.717) is 18.5 Å². The number of nitrogens with zero attached hydrogens (tertiary/aromatic N) is 4. The molecule has 0 spiro atoms. The Balaban J connectivity index is 2.09. The lowest BCUT2D eigenvalue weighted by atomic mass is 10.5. The third-order valence-electron chi connectivity index (χ3n) is 1.89. The predicted octanol–water partition coefficient (Wildman–Crippen LogP) is 2.87. The molecule has 2 rings (SSSR count). The minimum Gasteiger partial charge on any atom is -0.299 e. The van der Waals surface area contributed by atoms with Crippen LogP contribution in [-0.2, 0) is 11.1 Å². The SMILES string of the molecule is O=P(Br)(Br)CC[n+]1cc(-c2ncccn2)sn1. The smallest absolute Gasteiger partial charge is 0.220 e. The molecule has 2 heterocycles. The Labute approximate surface area is 118 Å². The molecule has 0 fully saturated rings. The molecule has 0 atom stereocenters. The zero-order chi connectivity index (χ0) is 12.3. The molecule has 0 N–H and O–H groups in total. The molecule has 0 aromatic carbocycles. The fraction of sp³-hybridized carbons (Fsp3) is 0.250. The van der Waals surface area contributed by atoms with Gasteiger partial charge in [-0.2, -0.15) is 0 Å². The van der Waals surface area contributed by atoms with Gasteiger partial charge in [-0.05, 0) is 37.0 Å². The number of hydrogen-bond donors (Lipinski definition) is 0. The number of halogens is 2. The Morgan fingerprint density at radius 3 is 2.71 bits per heavy atom. The van der Waals surface area contributed by atoms with Gasteiger partial charge in [-0.1, -0.05) is 4.68 Å². The molecular weight excluding hydrogens is 391 g/mol. The molecule has 0 saturated heterocycles. The summed E-state index contributed by atoms with van der Waals surface area (Å²) in [6.07, 6.45) is 5.74. The van der Waals surface area contributed by atoms with Crippen molar-refractivity contribution in [2.45, 2.75) is 6.54 Å². The van der Waals surface area contributed by atoms with Gasteiger partial charge in [0.15, 0.2) is 17.2 Å². The Morgan fingerprint density at radius 2 is 2.06 bits per heavy atom. The lowest BCUT2D eigenvalue weighted by Crippen LogP contribution is -2.35. The molecule has 0 saturated carbocycles. The molecule has 5 nitrogen and oxygen atoms in total. The molecular formula is C8H8Br2N4OPS+. The summed E-state index contributed by atoms with van der Waals surface area (Å²) in [7, 11) is 0. The summed E-state index contributed by atoms with van der Waals surface area (Å²) in [5.41, 5.74) is 0. The van der Waals surface area contributed by atoms with Crippen LogP contribution >= 0.6 is 47.1 Å². The lowest BCUT2D eigenvalue weighted by Gasteiger charge is -1.94. The summed E-state index contributed by atoms with van der Waals surface area (Å²) in [6.45, 7) is 0.580. The van der Waals surface area contributed by atoms with Gasteiger partial charge in [0, 0.05) is 23.9 Å². The van der Waals surface area contributed by atoms with Crippen molar-refractivity contribution in [2.75, 3.05) is 6.16 Å². The van der Waals surface area contributed by atoms with Crippen molar-refractivity contribution < 1.29 is 9.25 Å². The van der Waals surface area contributed by atoms with E-state index in [9.17, 15) is 4.57 Å². The molecule has 9 heteroatoms. The Morgan fingerprint density at radius 1 is 1.35 bits per heavy atom. The van der Waals surface area contributed by atoms with Crippen molar-refractivity contribution in [3.63, 3.8) is 0 Å². The van der Waals surface area contributed by atoms with Crippen LogP contribution in [0, 0.1) is 0 Å². The van der Waals surface area contributed by atoms with Crippen molar-refractivity contribution >= 4 is 47.1 Å². The Kier molecular flexibility index (Phi) is 4.41. The van der Waals surface area contributed by atoms with Crippen molar-refractivity contribution in [1.82, 2.24) is 14.5 Å². The second-order valence-electron chi connectivity index (χ2n) is 3.20. The van der Waals surface area contributed by atoms with Gasteiger partial charge in [0.25, 0.3) is 0 Å². The first-order chi connectivity index (χ1) is 8.04. The molecule has 0 aliphatic rings. The summed E-state index contributed by atoms with van der Waals surface area (Å²) in [6, 6.07) is 1.77. The highest BCUT2D eigenvalue weighted by Gasteiger charge is 2.19. The molecule has 0 bridgehead atoms. The highest BCUT2D eigenvalue weighted by Crippen LogP contribution is 2.61. The second kappa shape index (κ2) is 5.65. The van der Waals surface area contributed by atoms with Crippen molar-refractivity contribution in [3.05, 3.63) is 24.7 Å². The highest BCUT2D eigenvalue weighted by atomic mass is 79.9. The van der Waals surface area contributed by atoms with Crippen molar-refractivity contribution in [3.8, 4) is 10.7 Å². The van der Waals surface area contributed by atoms with Gasteiger partial charge in [0.05, 0.1) is 10.7 Å².